The number of rotatable bonds is 6. The summed E-state index contributed by atoms with van der Waals surface area (Å²) in [4.78, 5) is 28.4. The number of hydrogen-bond donors (Lipinski definition) is 1. The maximum Gasteiger partial charge on any atom is 0.337 e. The number of amides is 1. The van der Waals surface area contributed by atoms with E-state index in [-0.39, 0.29) is 11.9 Å². The van der Waals surface area contributed by atoms with Gasteiger partial charge in [0, 0.05) is 30.1 Å². The first-order valence-electron chi connectivity index (χ1n) is 10.8. The molecule has 2 aromatic carbocycles. The van der Waals surface area contributed by atoms with Crippen molar-refractivity contribution in [1.82, 2.24) is 20.1 Å². The average Bonchev–Trinajstić information content (AvgIpc) is 3.29. The zero-order valence-electron chi connectivity index (χ0n) is 18.5. The summed E-state index contributed by atoms with van der Waals surface area (Å²) in [6, 6.07) is 18.5. The molecule has 2 aromatic heterocycles. The van der Waals surface area contributed by atoms with Crippen molar-refractivity contribution < 1.29 is 19.1 Å². The second kappa shape index (κ2) is 9.19. The number of carbonyl (C=O) groups excluding carboxylic acids is 2. The quantitative estimate of drug-likeness (QED) is 0.446. The lowest BCUT2D eigenvalue weighted by Crippen LogP contribution is -2.35. The molecule has 34 heavy (non-hydrogen) atoms. The minimum absolute atomic E-state index is 0.134. The molecule has 8 heteroatoms. The van der Waals surface area contributed by atoms with Crippen LogP contribution in [0.3, 0.4) is 0 Å². The van der Waals surface area contributed by atoms with Crippen molar-refractivity contribution in [3.05, 3.63) is 89.9 Å². The molecule has 1 amide bonds. The SMILES string of the molecule is COC(=O)c1ccc(COc2ccc(-c3c(-c4ccncc4)nn4c3C(=O)NCC4)cc2)cc1. The van der Waals surface area contributed by atoms with Gasteiger partial charge >= 0.3 is 5.97 Å². The van der Waals surface area contributed by atoms with Crippen molar-refractivity contribution in [2.75, 3.05) is 13.7 Å². The van der Waals surface area contributed by atoms with Gasteiger partial charge in [0.1, 0.15) is 23.7 Å². The highest BCUT2D eigenvalue weighted by molar-refractivity contribution is 6.03. The maximum absolute atomic E-state index is 12.7. The van der Waals surface area contributed by atoms with Crippen LogP contribution in [0.1, 0.15) is 26.4 Å². The molecule has 170 valence electrons. The third-order valence-electron chi connectivity index (χ3n) is 5.65. The van der Waals surface area contributed by atoms with Gasteiger partial charge in [-0.05, 0) is 47.5 Å². The molecule has 0 fully saturated rings. The van der Waals surface area contributed by atoms with Gasteiger partial charge in [-0.2, -0.15) is 5.10 Å². The van der Waals surface area contributed by atoms with E-state index in [4.69, 9.17) is 14.6 Å². The Kier molecular flexibility index (Phi) is 5.78. The zero-order valence-corrected chi connectivity index (χ0v) is 18.5. The van der Waals surface area contributed by atoms with Crippen LogP contribution in [0.2, 0.25) is 0 Å². The van der Waals surface area contributed by atoms with Crippen LogP contribution in [-0.2, 0) is 17.9 Å². The van der Waals surface area contributed by atoms with Crippen molar-refractivity contribution in [2.24, 2.45) is 0 Å². The molecule has 1 aliphatic heterocycles. The molecule has 0 bridgehead atoms. The Balaban J connectivity index is 1.40. The molecular weight excluding hydrogens is 432 g/mol. The van der Waals surface area contributed by atoms with Gasteiger partial charge in [-0.1, -0.05) is 24.3 Å². The Morgan fingerprint density at radius 3 is 2.44 bits per heavy atom. The van der Waals surface area contributed by atoms with E-state index in [0.717, 1.165) is 27.9 Å². The van der Waals surface area contributed by atoms with Crippen LogP contribution in [0, 0.1) is 0 Å². The minimum Gasteiger partial charge on any atom is -0.489 e. The number of esters is 1. The molecule has 1 aliphatic rings. The highest BCUT2D eigenvalue weighted by Crippen LogP contribution is 2.36. The van der Waals surface area contributed by atoms with Gasteiger partial charge < -0.3 is 14.8 Å². The Hall–Kier alpha value is -4.46. The fourth-order valence-corrected chi connectivity index (χ4v) is 3.94. The lowest BCUT2D eigenvalue weighted by Gasteiger charge is -2.15. The molecular formula is C26H22N4O4. The highest BCUT2D eigenvalue weighted by atomic mass is 16.5. The van der Waals surface area contributed by atoms with E-state index in [1.54, 1.807) is 29.2 Å². The fourth-order valence-electron chi connectivity index (χ4n) is 3.94. The minimum atomic E-state index is -0.370. The summed E-state index contributed by atoms with van der Waals surface area (Å²) in [6.45, 7) is 1.53. The van der Waals surface area contributed by atoms with Gasteiger partial charge in [-0.25, -0.2) is 4.79 Å². The largest absolute Gasteiger partial charge is 0.489 e. The number of ether oxygens (including phenoxy) is 2. The van der Waals surface area contributed by atoms with Crippen molar-refractivity contribution in [1.29, 1.82) is 0 Å². The molecule has 8 nitrogen and oxygen atoms in total. The number of hydrogen-bond acceptors (Lipinski definition) is 6. The summed E-state index contributed by atoms with van der Waals surface area (Å²) in [5, 5.41) is 7.65. The van der Waals surface area contributed by atoms with Gasteiger partial charge in [-0.3, -0.25) is 14.5 Å². The third-order valence-corrected chi connectivity index (χ3v) is 5.65. The van der Waals surface area contributed by atoms with Crippen molar-refractivity contribution in [2.45, 2.75) is 13.2 Å². The first kappa shape index (κ1) is 21.4. The second-order valence-electron chi connectivity index (χ2n) is 7.79. The fraction of sp³-hybridized carbons (Fsp3) is 0.154. The van der Waals surface area contributed by atoms with Crippen LogP contribution in [0.25, 0.3) is 22.4 Å². The number of methoxy groups -OCH3 is 1. The van der Waals surface area contributed by atoms with Crippen molar-refractivity contribution in [3.63, 3.8) is 0 Å². The smallest absolute Gasteiger partial charge is 0.337 e. The van der Waals surface area contributed by atoms with E-state index in [1.807, 2.05) is 48.5 Å². The van der Waals surface area contributed by atoms with E-state index in [1.165, 1.54) is 7.11 Å². The van der Waals surface area contributed by atoms with Crippen LogP contribution >= 0.6 is 0 Å². The first-order valence-corrected chi connectivity index (χ1v) is 10.8. The van der Waals surface area contributed by atoms with Crippen molar-refractivity contribution in [3.8, 4) is 28.1 Å². The molecule has 0 radical (unpaired) electrons. The predicted molar refractivity (Wildman–Crippen MR) is 125 cm³/mol. The number of carbonyl (C=O) groups is 2. The maximum atomic E-state index is 12.7. The summed E-state index contributed by atoms with van der Waals surface area (Å²) in [5.41, 5.74) is 5.28. The van der Waals surface area contributed by atoms with E-state index < -0.39 is 0 Å². The lowest BCUT2D eigenvalue weighted by atomic mass is 9.98. The number of nitrogens with one attached hydrogen (secondary N) is 1. The molecule has 4 aromatic rings. The van der Waals surface area contributed by atoms with Gasteiger partial charge in [0.05, 0.1) is 19.2 Å². The van der Waals surface area contributed by atoms with E-state index >= 15 is 0 Å². The number of aromatic nitrogens is 3. The number of pyridine rings is 1. The predicted octanol–water partition coefficient (Wildman–Crippen LogP) is 3.72. The summed E-state index contributed by atoms with van der Waals surface area (Å²) in [7, 11) is 1.36. The average molecular weight is 454 g/mol. The summed E-state index contributed by atoms with van der Waals surface area (Å²) < 4.78 is 12.4. The molecule has 3 heterocycles. The van der Waals surface area contributed by atoms with Gasteiger partial charge in [-0.15, -0.1) is 0 Å². The molecule has 0 atom stereocenters. The summed E-state index contributed by atoms with van der Waals surface area (Å²) in [5.74, 6) is 0.187. The third kappa shape index (κ3) is 4.13. The normalized spacial score (nSPS) is 12.6. The Labute approximate surface area is 196 Å². The molecule has 0 unspecified atom stereocenters. The van der Waals surface area contributed by atoms with Crippen LogP contribution < -0.4 is 10.1 Å². The van der Waals surface area contributed by atoms with Crippen LogP contribution in [0.4, 0.5) is 0 Å². The molecule has 0 spiro atoms. The highest BCUT2D eigenvalue weighted by Gasteiger charge is 2.27. The number of benzene rings is 2. The Morgan fingerprint density at radius 2 is 1.74 bits per heavy atom. The summed E-state index contributed by atoms with van der Waals surface area (Å²) >= 11 is 0. The Morgan fingerprint density at radius 1 is 1.00 bits per heavy atom. The number of fused-ring (bicyclic) bond motifs is 1. The molecule has 0 saturated heterocycles. The molecule has 0 aliphatic carbocycles. The van der Waals surface area contributed by atoms with Gasteiger partial charge in [0.15, 0.2) is 0 Å². The van der Waals surface area contributed by atoms with Crippen LogP contribution in [-0.4, -0.2) is 40.3 Å². The molecule has 5 rings (SSSR count). The van der Waals surface area contributed by atoms with Crippen LogP contribution in [0.5, 0.6) is 5.75 Å². The van der Waals surface area contributed by atoms with Crippen molar-refractivity contribution >= 4 is 11.9 Å². The molecule has 0 saturated carbocycles. The monoisotopic (exact) mass is 454 g/mol. The standard InChI is InChI=1S/C26H22N4O4/c1-33-26(32)20-4-2-17(3-5-20)16-34-21-8-6-18(7-9-21)22-23(19-10-12-27-13-11-19)29-30-15-14-28-25(31)24(22)30/h2-13H,14-16H2,1H3,(H,28,31). The second-order valence-corrected chi connectivity index (χ2v) is 7.79. The topological polar surface area (TPSA) is 95.3 Å². The Bertz CT molecular complexity index is 1330. The lowest BCUT2D eigenvalue weighted by molar-refractivity contribution is 0.0600. The van der Waals surface area contributed by atoms with E-state index in [0.29, 0.717) is 36.7 Å². The number of nitrogens with zero attached hydrogens (tertiary/aromatic N) is 3. The van der Waals surface area contributed by atoms with E-state index in [2.05, 4.69) is 10.3 Å². The van der Waals surface area contributed by atoms with Gasteiger partial charge in [0.25, 0.3) is 5.91 Å². The van der Waals surface area contributed by atoms with E-state index in [9.17, 15) is 9.59 Å². The zero-order chi connectivity index (χ0) is 23.5. The summed E-state index contributed by atoms with van der Waals surface area (Å²) in [6.07, 6.45) is 3.43. The first-order chi connectivity index (χ1) is 16.6. The van der Waals surface area contributed by atoms with Crippen LogP contribution in [0.15, 0.2) is 73.1 Å². The molecule has 1 N–H and O–H groups in total. The van der Waals surface area contributed by atoms with Gasteiger partial charge in [0.2, 0.25) is 0 Å².